The number of rotatable bonds is 7. The van der Waals surface area contributed by atoms with Crippen LogP contribution in [0.15, 0.2) is 29.4 Å². The minimum atomic E-state index is -0.169. The summed E-state index contributed by atoms with van der Waals surface area (Å²) < 4.78 is 5.46. The number of oxime groups is 1. The summed E-state index contributed by atoms with van der Waals surface area (Å²) in [7, 11) is 0. The first-order chi connectivity index (χ1) is 10.1. The molecular weight excluding hydrogens is 270 g/mol. The number of nitrogens with one attached hydrogen (secondary N) is 1. The van der Waals surface area contributed by atoms with Crippen LogP contribution in [0.25, 0.3) is 0 Å². The predicted octanol–water partition coefficient (Wildman–Crippen LogP) is 1.46. The molecule has 0 bridgehead atoms. The number of ether oxygens (including phenoxy) is 1. The summed E-state index contributed by atoms with van der Waals surface area (Å²) in [4.78, 5) is 11.8. The molecule has 0 radical (unpaired) electrons. The van der Waals surface area contributed by atoms with E-state index in [0.29, 0.717) is 11.3 Å². The Hall–Kier alpha value is -2.24. The maximum absolute atomic E-state index is 11.8. The van der Waals surface area contributed by atoms with Crippen LogP contribution in [-0.2, 0) is 4.79 Å². The highest BCUT2D eigenvalue weighted by Crippen LogP contribution is 2.33. The Labute approximate surface area is 124 Å². The van der Waals surface area contributed by atoms with Gasteiger partial charge in [0, 0.05) is 6.04 Å². The lowest BCUT2D eigenvalue weighted by molar-refractivity contribution is -0.123. The molecule has 114 valence electrons. The fourth-order valence-electron chi connectivity index (χ4n) is 2.23. The second-order valence-electron chi connectivity index (χ2n) is 5.42. The number of amidine groups is 1. The zero-order chi connectivity index (χ0) is 15.2. The molecule has 6 nitrogen and oxygen atoms in total. The summed E-state index contributed by atoms with van der Waals surface area (Å²) in [6.07, 6.45) is 3.56. The van der Waals surface area contributed by atoms with Crippen molar-refractivity contribution in [1.82, 2.24) is 5.32 Å². The van der Waals surface area contributed by atoms with Gasteiger partial charge in [-0.25, -0.2) is 0 Å². The van der Waals surface area contributed by atoms with Crippen molar-refractivity contribution in [3.05, 3.63) is 29.8 Å². The number of hydrogen-bond donors (Lipinski definition) is 3. The van der Waals surface area contributed by atoms with E-state index in [1.807, 2.05) is 6.92 Å². The Kier molecular flexibility index (Phi) is 5.03. The van der Waals surface area contributed by atoms with Gasteiger partial charge in [-0.05, 0) is 31.4 Å². The van der Waals surface area contributed by atoms with Gasteiger partial charge in [-0.3, -0.25) is 4.79 Å². The van der Waals surface area contributed by atoms with Gasteiger partial charge in [-0.15, -0.1) is 0 Å². The van der Waals surface area contributed by atoms with Gasteiger partial charge < -0.3 is 21.0 Å². The normalized spacial score (nSPS) is 16.3. The van der Waals surface area contributed by atoms with E-state index < -0.39 is 0 Å². The van der Waals surface area contributed by atoms with Gasteiger partial charge in [0.25, 0.3) is 5.91 Å². The minimum absolute atomic E-state index is 0.0480. The summed E-state index contributed by atoms with van der Waals surface area (Å²) in [6.45, 7) is 1.91. The molecule has 1 fully saturated rings. The van der Waals surface area contributed by atoms with Gasteiger partial charge in [0.15, 0.2) is 12.4 Å². The second-order valence-corrected chi connectivity index (χ2v) is 5.42. The first kappa shape index (κ1) is 15.2. The van der Waals surface area contributed by atoms with E-state index in [0.717, 1.165) is 12.3 Å². The van der Waals surface area contributed by atoms with E-state index in [-0.39, 0.29) is 24.4 Å². The van der Waals surface area contributed by atoms with Crippen molar-refractivity contribution in [3.8, 4) is 5.75 Å². The van der Waals surface area contributed by atoms with E-state index in [2.05, 4.69) is 10.5 Å². The Morgan fingerprint density at radius 1 is 1.52 bits per heavy atom. The highest BCUT2D eigenvalue weighted by molar-refractivity contribution is 5.99. The van der Waals surface area contributed by atoms with Crippen LogP contribution in [-0.4, -0.2) is 29.6 Å². The maximum Gasteiger partial charge on any atom is 0.258 e. The lowest BCUT2D eigenvalue weighted by Gasteiger charge is -2.14. The minimum Gasteiger partial charge on any atom is -0.483 e. The van der Waals surface area contributed by atoms with Crippen LogP contribution in [0.5, 0.6) is 5.75 Å². The van der Waals surface area contributed by atoms with Crippen molar-refractivity contribution in [3.63, 3.8) is 0 Å². The Morgan fingerprint density at radius 2 is 2.24 bits per heavy atom. The second kappa shape index (κ2) is 6.97. The van der Waals surface area contributed by atoms with E-state index in [4.69, 9.17) is 15.7 Å². The van der Waals surface area contributed by atoms with Crippen molar-refractivity contribution in [2.24, 2.45) is 16.8 Å². The van der Waals surface area contributed by atoms with Crippen LogP contribution < -0.4 is 15.8 Å². The van der Waals surface area contributed by atoms with Crippen molar-refractivity contribution < 1.29 is 14.7 Å². The van der Waals surface area contributed by atoms with Gasteiger partial charge >= 0.3 is 0 Å². The van der Waals surface area contributed by atoms with Gasteiger partial charge in [0.05, 0.1) is 5.56 Å². The predicted molar refractivity (Wildman–Crippen MR) is 79.4 cm³/mol. The molecule has 1 atom stereocenters. The van der Waals surface area contributed by atoms with Gasteiger partial charge in [-0.2, -0.15) is 0 Å². The fraction of sp³-hybridized carbons (Fsp3) is 0.467. The molecule has 4 N–H and O–H groups in total. The molecule has 0 aromatic heterocycles. The molecule has 1 amide bonds. The fourth-order valence-corrected chi connectivity index (χ4v) is 2.23. The number of nitrogens with two attached hydrogens (primary N) is 1. The van der Waals surface area contributed by atoms with Crippen LogP contribution >= 0.6 is 0 Å². The third kappa shape index (κ3) is 4.66. The average molecular weight is 291 g/mol. The standard InChI is InChI=1S/C15H21N3O3/c1-10(8-11-6-7-11)17-14(19)9-21-13-5-3-2-4-12(13)15(16)18-20/h2-5,10-11,20H,6-9H2,1H3,(H2,16,18)(H,17,19). The number of carbonyl (C=O) groups excluding carboxylic acids is 1. The van der Waals surface area contributed by atoms with Gasteiger partial charge in [-0.1, -0.05) is 30.1 Å². The number of carbonyl (C=O) groups is 1. The first-order valence-electron chi connectivity index (χ1n) is 7.09. The zero-order valence-corrected chi connectivity index (χ0v) is 12.1. The van der Waals surface area contributed by atoms with E-state index in [1.54, 1.807) is 24.3 Å². The zero-order valence-electron chi connectivity index (χ0n) is 12.1. The molecule has 1 aromatic rings. The van der Waals surface area contributed by atoms with Crippen molar-refractivity contribution >= 4 is 11.7 Å². The summed E-state index contributed by atoms with van der Waals surface area (Å²) in [6, 6.07) is 7.01. The summed E-state index contributed by atoms with van der Waals surface area (Å²) in [5.74, 6) is 0.964. The molecule has 0 saturated heterocycles. The number of amides is 1. The Bertz CT molecular complexity index is 527. The molecule has 2 rings (SSSR count). The summed E-state index contributed by atoms with van der Waals surface area (Å²) in [5.41, 5.74) is 6.02. The van der Waals surface area contributed by atoms with E-state index >= 15 is 0 Å². The quantitative estimate of drug-likeness (QED) is 0.307. The van der Waals surface area contributed by atoms with Crippen LogP contribution in [0.4, 0.5) is 0 Å². The molecule has 21 heavy (non-hydrogen) atoms. The molecule has 1 aliphatic rings. The molecule has 6 heteroatoms. The molecular formula is C15H21N3O3. The van der Waals surface area contributed by atoms with Crippen LogP contribution in [0.1, 0.15) is 31.7 Å². The lowest BCUT2D eigenvalue weighted by atomic mass is 10.1. The van der Waals surface area contributed by atoms with Crippen LogP contribution in [0.2, 0.25) is 0 Å². The van der Waals surface area contributed by atoms with Crippen LogP contribution in [0, 0.1) is 5.92 Å². The molecule has 1 aliphatic carbocycles. The Balaban J connectivity index is 1.85. The molecule has 1 saturated carbocycles. The van der Waals surface area contributed by atoms with Crippen molar-refractivity contribution in [2.75, 3.05) is 6.61 Å². The van der Waals surface area contributed by atoms with E-state index in [1.165, 1.54) is 12.8 Å². The highest BCUT2D eigenvalue weighted by atomic mass is 16.5. The molecule has 0 spiro atoms. The third-order valence-corrected chi connectivity index (χ3v) is 3.42. The SMILES string of the molecule is CC(CC1CC1)NC(=O)COc1ccccc1C(N)=NO. The maximum atomic E-state index is 11.8. The number of benzene rings is 1. The third-order valence-electron chi connectivity index (χ3n) is 3.42. The highest BCUT2D eigenvalue weighted by Gasteiger charge is 2.24. The van der Waals surface area contributed by atoms with Crippen molar-refractivity contribution in [1.29, 1.82) is 0 Å². The lowest BCUT2D eigenvalue weighted by Crippen LogP contribution is -2.36. The molecule has 0 aliphatic heterocycles. The van der Waals surface area contributed by atoms with Gasteiger partial charge in [0.2, 0.25) is 0 Å². The number of para-hydroxylation sites is 1. The molecule has 1 aromatic carbocycles. The van der Waals surface area contributed by atoms with Gasteiger partial charge in [0.1, 0.15) is 5.75 Å². The average Bonchev–Trinajstić information content (AvgIpc) is 3.28. The first-order valence-corrected chi connectivity index (χ1v) is 7.09. The smallest absolute Gasteiger partial charge is 0.258 e. The topological polar surface area (TPSA) is 96.9 Å². The number of nitrogens with zero attached hydrogens (tertiary/aromatic N) is 1. The molecule has 0 heterocycles. The summed E-state index contributed by atoms with van der Waals surface area (Å²) >= 11 is 0. The largest absolute Gasteiger partial charge is 0.483 e. The molecule has 1 unspecified atom stereocenters. The Morgan fingerprint density at radius 3 is 2.90 bits per heavy atom. The van der Waals surface area contributed by atoms with Crippen molar-refractivity contribution in [2.45, 2.75) is 32.2 Å². The monoisotopic (exact) mass is 291 g/mol. The van der Waals surface area contributed by atoms with Crippen LogP contribution in [0.3, 0.4) is 0 Å². The van der Waals surface area contributed by atoms with E-state index in [9.17, 15) is 4.79 Å². The summed E-state index contributed by atoms with van der Waals surface area (Å²) in [5, 5.41) is 14.6. The number of hydrogen-bond acceptors (Lipinski definition) is 4.